The maximum atomic E-state index is 13.9. The fourth-order valence-electron chi connectivity index (χ4n) is 3.41. The van der Waals surface area contributed by atoms with Gasteiger partial charge in [-0.15, -0.1) is 0 Å². The molecular formula is C23H25FN8. The summed E-state index contributed by atoms with van der Waals surface area (Å²) in [5.74, 6) is 0.509. The van der Waals surface area contributed by atoms with Gasteiger partial charge in [0.05, 0.1) is 18.2 Å². The first kappa shape index (κ1) is 21.4. The minimum Gasteiger partial charge on any atom is -0.368 e. The number of hydrogen-bond acceptors (Lipinski definition) is 6. The van der Waals surface area contributed by atoms with Crippen LogP contribution < -0.4 is 5.32 Å². The van der Waals surface area contributed by atoms with E-state index in [0.29, 0.717) is 41.3 Å². The molecule has 0 amide bonds. The monoisotopic (exact) mass is 432 g/mol. The van der Waals surface area contributed by atoms with Crippen LogP contribution in [0.2, 0.25) is 0 Å². The smallest absolute Gasteiger partial charge is 0.166 e. The molecule has 0 fully saturated rings. The zero-order chi connectivity index (χ0) is 22.7. The Morgan fingerprint density at radius 1 is 1.28 bits per heavy atom. The van der Waals surface area contributed by atoms with E-state index in [0.717, 1.165) is 17.5 Å². The van der Waals surface area contributed by atoms with Gasteiger partial charge in [0.15, 0.2) is 17.3 Å². The predicted molar refractivity (Wildman–Crippen MR) is 125 cm³/mol. The molecule has 0 spiro atoms. The highest BCUT2D eigenvalue weighted by molar-refractivity contribution is 5.84. The van der Waals surface area contributed by atoms with Crippen LogP contribution in [0.4, 0.5) is 10.2 Å². The summed E-state index contributed by atoms with van der Waals surface area (Å²) in [7, 11) is 0. The third-order valence-corrected chi connectivity index (χ3v) is 4.99. The molecule has 4 aromatic rings. The molecule has 0 bridgehead atoms. The lowest BCUT2D eigenvalue weighted by molar-refractivity contribution is 0.612. The minimum absolute atomic E-state index is 0.166. The fraction of sp³-hybridized carbons (Fsp3) is 0.261. The lowest BCUT2D eigenvalue weighted by Gasteiger charge is -2.11. The number of nitrogens with one attached hydrogen (secondary N) is 1. The van der Waals surface area contributed by atoms with Crippen molar-refractivity contribution >= 4 is 34.9 Å². The van der Waals surface area contributed by atoms with Gasteiger partial charge in [0, 0.05) is 31.4 Å². The highest BCUT2D eigenvalue weighted by Gasteiger charge is 2.16. The van der Waals surface area contributed by atoms with Crippen molar-refractivity contribution in [2.45, 2.75) is 33.2 Å². The molecule has 0 saturated carbocycles. The fourth-order valence-corrected chi connectivity index (χ4v) is 3.41. The summed E-state index contributed by atoms with van der Waals surface area (Å²) in [6, 6.07) is 6.08. The quantitative estimate of drug-likeness (QED) is 0.324. The molecule has 0 aliphatic heterocycles. The van der Waals surface area contributed by atoms with Gasteiger partial charge < -0.3 is 14.3 Å². The molecule has 0 aliphatic rings. The van der Waals surface area contributed by atoms with Crippen LogP contribution in [0, 0.1) is 0 Å². The standard InChI is InChI=1S/C23H25FN8/c1-15(2)32-14-27-20-22(26-9-8-18-13-31-10-6-5-7-19(31)28-18)29-21(30-23(20)32)16(3)11-17(24)12-25-4/h5-7,10-15H,4,8-9H2,1-3H3,(H,26,29,30)/b16-11+,17-12+. The van der Waals surface area contributed by atoms with Gasteiger partial charge in [-0.3, -0.25) is 4.99 Å². The van der Waals surface area contributed by atoms with Crippen molar-refractivity contribution in [2.75, 3.05) is 11.9 Å². The normalized spacial score (nSPS) is 12.8. The molecule has 0 atom stereocenters. The van der Waals surface area contributed by atoms with Crippen LogP contribution in [-0.4, -0.2) is 42.2 Å². The molecule has 4 rings (SSSR count). The first-order chi connectivity index (χ1) is 15.5. The largest absolute Gasteiger partial charge is 0.368 e. The van der Waals surface area contributed by atoms with E-state index in [1.165, 1.54) is 6.08 Å². The number of aliphatic imine (C=N–C) groups is 1. The SMILES string of the molecule is C=N/C=C(F)\C=C(/C)c1nc(NCCc2cn3ccccc3n2)c2ncn(C(C)C)c2n1. The Morgan fingerprint density at radius 3 is 2.88 bits per heavy atom. The zero-order valence-corrected chi connectivity index (χ0v) is 18.3. The van der Waals surface area contributed by atoms with E-state index >= 15 is 0 Å². The van der Waals surface area contributed by atoms with Gasteiger partial charge in [-0.2, -0.15) is 0 Å². The average Bonchev–Trinajstić information content (AvgIpc) is 3.37. The Hall–Kier alpha value is -3.88. The highest BCUT2D eigenvalue weighted by Crippen LogP contribution is 2.25. The Labute approximate surface area is 185 Å². The van der Waals surface area contributed by atoms with Gasteiger partial charge >= 0.3 is 0 Å². The molecular weight excluding hydrogens is 407 g/mol. The van der Waals surface area contributed by atoms with Crippen molar-refractivity contribution in [1.29, 1.82) is 0 Å². The van der Waals surface area contributed by atoms with Crippen LogP contribution in [0.3, 0.4) is 0 Å². The molecule has 0 aromatic carbocycles. The molecule has 4 heterocycles. The van der Waals surface area contributed by atoms with Crippen molar-refractivity contribution in [3.8, 4) is 0 Å². The van der Waals surface area contributed by atoms with Crippen molar-refractivity contribution in [2.24, 2.45) is 4.99 Å². The van der Waals surface area contributed by atoms with Gasteiger partial charge in [0.25, 0.3) is 0 Å². The zero-order valence-electron chi connectivity index (χ0n) is 18.3. The van der Waals surface area contributed by atoms with Gasteiger partial charge in [-0.05, 0) is 51.3 Å². The number of fused-ring (bicyclic) bond motifs is 2. The summed E-state index contributed by atoms with van der Waals surface area (Å²) in [5.41, 5.74) is 3.83. The molecule has 0 unspecified atom stereocenters. The maximum Gasteiger partial charge on any atom is 0.166 e. The van der Waals surface area contributed by atoms with Crippen LogP contribution in [0.25, 0.3) is 22.4 Å². The van der Waals surface area contributed by atoms with Gasteiger partial charge in [-0.25, -0.2) is 24.3 Å². The summed E-state index contributed by atoms with van der Waals surface area (Å²) in [5, 5.41) is 3.37. The molecule has 0 aliphatic carbocycles. The Morgan fingerprint density at radius 2 is 2.12 bits per heavy atom. The lowest BCUT2D eigenvalue weighted by Crippen LogP contribution is -2.10. The Kier molecular flexibility index (Phi) is 6.07. The van der Waals surface area contributed by atoms with Gasteiger partial charge in [-0.1, -0.05) is 6.07 Å². The molecule has 0 radical (unpaired) electrons. The van der Waals surface area contributed by atoms with E-state index in [-0.39, 0.29) is 6.04 Å². The lowest BCUT2D eigenvalue weighted by atomic mass is 10.2. The summed E-state index contributed by atoms with van der Waals surface area (Å²) in [6.45, 7) is 9.76. The van der Waals surface area contributed by atoms with Crippen molar-refractivity contribution < 1.29 is 4.39 Å². The topological polar surface area (TPSA) is 85.3 Å². The second-order valence-electron chi connectivity index (χ2n) is 7.71. The second-order valence-corrected chi connectivity index (χ2v) is 7.71. The number of aromatic nitrogens is 6. The number of imidazole rings is 2. The molecule has 4 aromatic heterocycles. The van der Waals surface area contributed by atoms with Crippen molar-refractivity contribution in [3.05, 3.63) is 66.5 Å². The van der Waals surface area contributed by atoms with E-state index in [1.807, 2.05) is 39.6 Å². The first-order valence-corrected chi connectivity index (χ1v) is 10.4. The van der Waals surface area contributed by atoms with Crippen LogP contribution in [-0.2, 0) is 6.42 Å². The molecule has 9 heteroatoms. The minimum atomic E-state index is -0.514. The summed E-state index contributed by atoms with van der Waals surface area (Å²) >= 11 is 0. The summed E-state index contributed by atoms with van der Waals surface area (Å²) in [4.78, 5) is 21.9. The third-order valence-electron chi connectivity index (χ3n) is 4.99. The molecule has 1 N–H and O–H groups in total. The number of nitrogens with zero attached hydrogens (tertiary/aromatic N) is 7. The average molecular weight is 433 g/mol. The van der Waals surface area contributed by atoms with E-state index < -0.39 is 5.83 Å². The van der Waals surface area contributed by atoms with Gasteiger partial charge in [0.1, 0.15) is 17.0 Å². The van der Waals surface area contributed by atoms with E-state index in [2.05, 4.69) is 50.8 Å². The first-order valence-electron chi connectivity index (χ1n) is 10.4. The third kappa shape index (κ3) is 4.41. The van der Waals surface area contributed by atoms with Crippen LogP contribution in [0.5, 0.6) is 0 Å². The van der Waals surface area contributed by atoms with E-state index in [9.17, 15) is 4.39 Å². The van der Waals surface area contributed by atoms with Crippen LogP contribution >= 0.6 is 0 Å². The molecule has 0 saturated heterocycles. The number of allylic oxidation sites excluding steroid dienone is 3. The number of pyridine rings is 1. The molecule has 32 heavy (non-hydrogen) atoms. The van der Waals surface area contributed by atoms with Gasteiger partial charge in [0.2, 0.25) is 0 Å². The number of halogens is 1. The number of anilines is 1. The Bertz CT molecular complexity index is 1300. The molecule has 164 valence electrons. The van der Waals surface area contributed by atoms with Crippen LogP contribution in [0.1, 0.15) is 38.3 Å². The van der Waals surface area contributed by atoms with Crippen molar-refractivity contribution in [3.63, 3.8) is 0 Å². The maximum absolute atomic E-state index is 13.9. The predicted octanol–water partition coefficient (Wildman–Crippen LogP) is 4.62. The summed E-state index contributed by atoms with van der Waals surface area (Å²) < 4.78 is 17.9. The second kappa shape index (κ2) is 9.09. The number of hydrogen-bond donors (Lipinski definition) is 1. The Balaban J connectivity index is 1.64. The van der Waals surface area contributed by atoms with E-state index in [4.69, 9.17) is 0 Å². The highest BCUT2D eigenvalue weighted by atomic mass is 19.1. The van der Waals surface area contributed by atoms with Crippen LogP contribution in [0.15, 0.2) is 60.0 Å². The number of rotatable bonds is 8. The molecule has 8 nitrogen and oxygen atoms in total. The summed E-state index contributed by atoms with van der Waals surface area (Å²) in [6.07, 6.45) is 8.84. The van der Waals surface area contributed by atoms with E-state index in [1.54, 1.807) is 13.3 Å². The van der Waals surface area contributed by atoms with Crippen molar-refractivity contribution in [1.82, 2.24) is 28.9 Å².